The Balaban J connectivity index is 2.66. The van der Waals surface area contributed by atoms with E-state index in [0.717, 1.165) is 11.1 Å². The van der Waals surface area contributed by atoms with Crippen LogP contribution in [0.3, 0.4) is 0 Å². The monoisotopic (exact) mass is 240 g/mol. The number of carbonyl (C=O) groups excluding carboxylic acids is 1. The van der Waals surface area contributed by atoms with Crippen molar-refractivity contribution < 1.29 is 9.53 Å². The molecule has 0 N–H and O–H groups in total. The minimum Gasteiger partial charge on any atom is -0.496 e. The molecule has 0 aliphatic rings. The summed E-state index contributed by atoms with van der Waals surface area (Å²) >= 11 is 0. The first-order chi connectivity index (χ1) is 8.76. The molecule has 0 saturated carbocycles. The Morgan fingerprint density at radius 3 is 2.83 bits per heavy atom. The molecule has 2 aromatic rings. The van der Waals surface area contributed by atoms with Crippen molar-refractivity contribution in [3.8, 4) is 17.0 Å². The van der Waals surface area contributed by atoms with E-state index < -0.39 is 0 Å². The van der Waals surface area contributed by atoms with Crippen molar-refractivity contribution in [1.29, 1.82) is 0 Å². The lowest BCUT2D eigenvalue weighted by molar-refractivity contribution is 0.416. The molecule has 2 rings (SSSR count). The molecule has 0 fully saturated rings. The maximum absolute atomic E-state index is 10.5. The third-order valence-electron chi connectivity index (χ3n) is 2.53. The average molecular weight is 240 g/mol. The Morgan fingerprint density at radius 1 is 1.33 bits per heavy atom. The van der Waals surface area contributed by atoms with Crippen molar-refractivity contribution in [1.82, 2.24) is 4.98 Å². The fraction of sp³-hybridized carbons (Fsp3) is 0.143. The number of ether oxygens (including phenoxy) is 1. The summed E-state index contributed by atoms with van der Waals surface area (Å²) in [5, 5.41) is 0. The zero-order chi connectivity index (χ0) is 13.0. The van der Waals surface area contributed by atoms with Crippen LogP contribution in [0.1, 0.15) is 5.56 Å². The zero-order valence-electron chi connectivity index (χ0n) is 10.2. The van der Waals surface area contributed by atoms with Gasteiger partial charge in [-0.1, -0.05) is 12.1 Å². The second-order valence-electron chi connectivity index (χ2n) is 3.78. The maximum atomic E-state index is 10.5. The molecule has 0 aliphatic carbocycles. The van der Waals surface area contributed by atoms with Crippen LogP contribution in [0, 0.1) is 6.92 Å². The summed E-state index contributed by atoms with van der Waals surface area (Å²) in [6, 6.07) is 9.26. The second kappa shape index (κ2) is 5.25. The van der Waals surface area contributed by atoms with Gasteiger partial charge in [-0.3, -0.25) is 4.98 Å². The minimum absolute atomic E-state index is 0.495. The van der Waals surface area contributed by atoms with Crippen molar-refractivity contribution in [2.75, 3.05) is 7.11 Å². The quantitative estimate of drug-likeness (QED) is 0.612. The summed E-state index contributed by atoms with van der Waals surface area (Å²) in [5.74, 6) is 0.691. The third-order valence-corrected chi connectivity index (χ3v) is 2.53. The van der Waals surface area contributed by atoms with Gasteiger partial charge in [-0.25, -0.2) is 4.79 Å². The summed E-state index contributed by atoms with van der Waals surface area (Å²) in [5.41, 5.74) is 2.84. The van der Waals surface area contributed by atoms with E-state index >= 15 is 0 Å². The molecule has 1 aromatic heterocycles. The van der Waals surface area contributed by atoms with Gasteiger partial charge in [0.2, 0.25) is 6.08 Å². The zero-order valence-corrected chi connectivity index (χ0v) is 10.2. The standard InChI is InChI=1S/C14H12N2O2/c1-10-7-12(16-9-17)14(15-8-10)11-5-3-4-6-13(11)18-2/h3-8H,1-2H3. The van der Waals surface area contributed by atoms with Gasteiger partial charge in [0.1, 0.15) is 17.1 Å². The molecule has 90 valence electrons. The van der Waals surface area contributed by atoms with Crippen LogP contribution in [0.15, 0.2) is 41.5 Å². The molecular formula is C14H12N2O2. The summed E-state index contributed by atoms with van der Waals surface area (Å²) in [6.07, 6.45) is 3.28. The highest BCUT2D eigenvalue weighted by Gasteiger charge is 2.11. The topological polar surface area (TPSA) is 51.6 Å². The highest BCUT2D eigenvalue weighted by Crippen LogP contribution is 2.34. The highest BCUT2D eigenvalue weighted by atomic mass is 16.5. The van der Waals surface area contributed by atoms with Crippen LogP contribution in [0.2, 0.25) is 0 Å². The summed E-state index contributed by atoms with van der Waals surface area (Å²) in [6.45, 7) is 1.89. The fourth-order valence-electron chi connectivity index (χ4n) is 1.74. The second-order valence-corrected chi connectivity index (χ2v) is 3.78. The van der Waals surface area contributed by atoms with Gasteiger partial charge in [0, 0.05) is 11.8 Å². The van der Waals surface area contributed by atoms with E-state index in [9.17, 15) is 4.79 Å². The first kappa shape index (κ1) is 12.0. The number of pyridine rings is 1. The molecule has 0 radical (unpaired) electrons. The number of nitrogens with zero attached hydrogens (tertiary/aromatic N) is 2. The van der Waals surface area contributed by atoms with Crippen LogP contribution >= 0.6 is 0 Å². The number of para-hydroxylation sites is 1. The van der Waals surface area contributed by atoms with Gasteiger partial charge >= 0.3 is 0 Å². The van der Waals surface area contributed by atoms with Crippen molar-refractivity contribution in [2.45, 2.75) is 6.92 Å². The van der Waals surface area contributed by atoms with Gasteiger partial charge in [0.25, 0.3) is 0 Å². The Bertz CT molecular complexity index is 617. The molecule has 0 amide bonds. The molecular weight excluding hydrogens is 228 g/mol. The van der Waals surface area contributed by atoms with E-state index in [0.29, 0.717) is 17.1 Å². The maximum Gasteiger partial charge on any atom is 0.240 e. The fourth-order valence-corrected chi connectivity index (χ4v) is 1.74. The molecule has 0 atom stereocenters. The van der Waals surface area contributed by atoms with Crippen LogP contribution in [-0.2, 0) is 4.79 Å². The van der Waals surface area contributed by atoms with Crippen LogP contribution < -0.4 is 4.74 Å². The largest absolute Gasteiger partial charge is 0.496 e. The molecule has 0 unspecified atom stereocenters. The minimum atomic E-state index is 0.495. The van der Waals surface area contributed by atoms with Crippen molar-refractivity contribution >= 4 is 11.8 Å². The number of methoxy groups -OCH3 is 1. The number of benzene rings is 1. The van der Waals surface area contributed by atoms with Gasteiger partial charge in [-0.2, -0.15) is 4.99 Å². The summed E-state index contributed by atoms with van der Waals surface area (Å²) in [4.78, 5) is 18.5. The molecule has 1 heterocycles. The molecule has 0 saturated heterocycles. The van der Waals surface area contributed by atoms with Gasteiger partial charge < -0.3 is 4.74 Å². The van der Waals surface area contributed by atoms with E-state index in [1.54, 1.807) is 25.5 Å². The third kappa shape index (κ3) is 2.29. The average Bonchev–Trinajstić information content (AvgIpc) is 2.39. The lowest BCUT2D eigenvalue weighted by Gasteiger charge is -2.09. The summed E-state index contributed by atoms with van der Waals surface area (Å²) in [7, 11) is 1.59. The van der Waals surface area contributed by atoms with E-state index in [-0.39, 0.29) is 0 Å². The molecule has 0 bridgehead atoms. The van der Waals surface area contributed by atoms with Gasteiger partial charge in [-0.15, -0.1) is 0 Å². The molecule has 4 nitrogen and oxygen atoms in total. The summed E-state index contributed by atoms with van der Waals surface area (Å²) < 4.78 is 5.28. The Hall–Kier alpha value is -2.45. The van der Waals surface area contributed by atoms with Gasteiger partial charge in [-0.05, 0) is 30.7 Å². The van der Waals surface area contributed by atoms with Crippen LogP contribution in [-0.4, -0.2) is 18.2 Å². The molecule has 0 spiro atoms. The molecule has 18 heavy (non-hydrogen) atoms. The number of aromatic nitrogens is 1. The number of hydrogen-bond acceptors (Lipinski definition) is 4. The van der Waals surface area contributed by atoms with E-state index in [4.69, 9.17) is 4.74 Å². The first-order valence-electron chi connectivity index (χ1n) is 5.44. The highest BCUT2D eigenvalue weighted by molar-refractivity contribution is 5.78. The normalized spacial score (nSPS) is 9.67. The Labute approximate surface area is 105 Å². The number of rotatable bonds is 3. The predicted octanol–water partition coefficient (Wildman–Crippen LogP) is 3.03. The number of aliphatic imine (C=N–C) groups is 1. The SMILES string of the molecule is COc1ccccc1-c1ncc(C)cc1N=C=O. The number of aryl methyl sites for hydroxylation is 1. The number of hydrogen-bond donors (Lipinski definition) is 0. The Kier molecular flexibility index (Phi) is 3.51. The van der Waals surface area contributed by atoms with E-state index in [1.165, 1.54) is 0 Å². The van der Waals surface area contributed by atoms with Gasteiger partial charge in [0.15, 0.2) is 0 Å². The van der Waals surface area contributed by atoms with Crippen molar-refractivity contribution in [3.05, 3.63) is 42.1 Å². The van der Waals surface area contributed by atoms with Gasteiger partial charge in [0.05, 0.1) is 7.11 Å². The molecule has 0 aliphatic heterocycles. The van der Waals surface area contributed by atoms with Crippen LogP contribution in [0.4, 0.5) is 5.69 Å². The van der Waals surface area contributed by atoms with Crippen molar-refractivity contribution in [2.24, 2.45) is 4.99 Å². The molecule has 1 aromatic carbocycles. The Morgan fingerprint density at radius 2 is 2.11 bits per heavy atom. The van der Waals surface area contributed by atoms with Crippen LogP contribution in [0.25, 0.3) is 11.3 Å². The van der Waals surface area contributed by atoms with E-state index in [2.05, 4.69) is 9.98 Å². The van der Waals surface area contributed by atoms with E-state index in [1.807, 2.05) is 31.2 Å². The lowest BCUT2D eigenvalue weighted by Crippen LogP contribution is -1.91. The van der Waals surface area contributed by atoms with Crippen LogP contribution in [0.5, 0.6) is 5.75 Å². The number of isocyanates is 1. The molecule has 4 heteroatoms. The smallest absolute Gasteiger partial charge is 0.240 e. The van der Waals surface area contributed by atoms with Crippen molar-refractivity contribution in [3.63, 3.8) is 0 Å². The predicted molar refractivity (Wildman–Crippen MR) is 68.7 cm³/mol. The lowest BCUT2D eigenvalue weighted by atomic mass is 10.1. The first-order valence-corrected chi connectivity index (χ1v) is 5.44.